The van der Waals surface area contributed by atoms with E-state index >= 15 is 0 Å². The average Bonchev–Trinajstić information content (AvgIpc) is 3.26. The van der Waals surface area contributed by atoms with Crippen LogP contribution in [-0.4, -0.2) is 17.3 Å². The predicted octanol–water partition coefficient (Wildman–Crippen LogP) is 4.06. The molecule has 0 radical (unpaired) electrons. The molecule has 0 saturated heterocycles. The van der Waals surface area contributed by atoms with Gasteiger partial charge in [0, 0.05) is 10.9 Å². The van der Waals surface area contributed by atoms with E-state index in [0.29, 0.717) is 17.5 Å². The van der Waals surface area contributed by atoms with Crippen molar-refractivity contribution in [3.8, 4) is 28.8 Å². The lowest BCUT2D eigenvalue weighted by atomic mass is 10.1. The Kier molecular flexibility index (Phi) is 2.75. The summed E-state index contributed by atoms with van der Waals surface area (Å²) < 4.78 is 21.4. The molecule has 0 spiro atoms. The van der Waals surface area contributed by atoms with Crippen molar-refractivity contribution in [2.75, 3.05) is 7.11 Å². The van der Waals surface area contributed by atoms with Gasteiger partial charge in [-0.2, -0.15) is 4.98 Å². The molecule has 6 nitrogen and oxygen atoms in total. The highest BCUT2D eigenvalue weighted by molar-refractivity contribution is 5.87. The highest BCUT2D eigenvalue weighted by Crippen LogP contribution is 2.34. The first-order chi connectivity index (χ1) is 10.8. The smallest absolute Gasteiger partial charge is 0.261 e. The number of hydrogen-bond donors (Lipinski definition) is 0. The van der Waals surface area contributed by atoms with Gasteiger partial charge in [-0.15, -0.1) is 0 Å². The number of benzene rings is 1. The maximum Gasteiger partial charge on any atom is 0.261 e. The summed E-state index contributed by atoms with van der Waals surface area (Å²) in [5.41, 5.74) is 2.42. The first-order valence-corrected chi connectivity index (χ1v) is 6.70. The Morgan fingerprint density at radius 2 is 2.09 bits per heavy atom. The third-order valence-electron chi connectivity index (χ3n) is 3.54. The predicted molar refractivity (Wildman–Crippen MR) is 78.5 cm³/mol. The van der Waals surface area contributed by atoms with Crippen molar-refractivity contribution in [1.29, 1.82) is 0 Å². The van der Waals surface area contributed by atoms with Crippen LogP contribution in [0.4, 0.5) is 0 Å². The zero-order valence-electron chi connectivity index (χ0n) is 12.0. The second-order valence-electron chi connectivity index (χ2n) is 4.85. The van der Waals surface area contributed by atoms with Crippen LogP contribution >= 0.6 is 0 Å². The van der Waals surface area contributed by atoms with Crippen LogP contribution in [0.3, 0.4) is 0 Å². The monoisotopic (exact) mass is 296 g/mol. The van der Waals surface area contributed by atoms with Gasteiger partial charge in [0.1, 0.15) is 17.6 Å². The molecule has 0 fully saturated rings. The number of ether oxygens (including phenoxy) is 1. The maximum atomic E-state index is 5.85. The molecule has 1 aromatic carbocycles. The molecule has 0 aliphatic heterocycles. The topological polar surface area (TPSA) is 74.4 Å². The van der Waals surface area contributed by atoms with Crippen LogP contribution in [0, 0.1) is 6.92 Å². The Morgan fingerprint density at radius 3 is 2.86 bits per heavy atom. The van der Waals surface area contributed by atoms with E-state index in [1.165, 1.54) is 0 Å². The maximum absolute atomic E-state index is 5.85. The first-order valence-electron chi connectivity index (χ1n) is 6.70. The Labute approximate surface area is 125 Å². The Hall–Kier alpha value is -3.02. The third-order valence-corrected chi connectivity index (χ3v) is 3.54. The lowest BCUT2D eigenvalue weighted by molar-refractivity contribution is 0.415. The minimum atomic E-state index is 0.390. The standard InChI is InChI=1S/C16H12N2O4/c1-9-12-7-11(19-2)3-4-13(12)21-14(9)15-17-16(22-18-15)10-5-6-20-8-10/h3-8H,1-2H3. The lowest BCUT2D eigenvalue weighted by Gasteiger charge is -1.97. The molecular weight excluding hydrogens is 284 g/mol. The molecule has 0 bridgehead atoms. The van der Waals surface area contributed by atoms with Crippen LogP contribution in [0.25, 0.3) is 34.0 Å². The summed E-state index contributed by atoms with van der Waals surface area (Å²) in [6.07, 6.45) is 3.10. The van der Waals surface area contributed by atoms with Gasteiger partial charge in [-0.05, 0) is 31.2 Å². The van der Waals surface area contributed by atoms with Crippen LogP contribution < -0.4 is 4.74 Å². The summed E-state index contributed by atoms with van der Waals surface area (Å²) in [6, 6.07) is 7.40. The number of nitrogens with zero attached hydrogens (tertiary/aromatic N) is 2. The third kappa shape index (κ3) is 1.88. The summed E-state index contributed by atoms with van der Waals surface area (Å²) in [6.45, 7) is 1.95. The van der Waals surface area contributed by atoms with Crippen molar-refractivity contribution in [3.63, 3.8) is 0 Å². The summed E-state index contributed by atoms with van der Waals surface area (Å²) in [4.78, 5) is 4.36. The molecule has 3 aromatic heterocycles. The quantitative estimate of drug-likeness (QED) is 0.567. The van der Waals surface area contributed by atoms with Crippen molar-refractivity contribution in [1.82, 2.24) is 10.1 Å². The van der Waals surface area contributed by atoms with Crippen LogP contribution in [0.2, 0.25) is 0 Å². The summed E-state index contributed by atoms with van der Waals surface area (Å²) in [5.74, 6) is 2.15. The fraction of sp³-hybridized carbons (Fsp3) is 0.125. The molecule has 110 valence electrons. The van der Waals surface area contributed by atoms with Gasteiger partial charge in [0.15, 0.2) is 5.76 Å². The Bertz CT molecular complexity index is 935. The number of aryl methyl sites for hydroxylation is 1. The van der Waals surface area contributed by atoms with Crippen molar-refractivity contribution < 1.29 is 18.1 Å². The zero-order valence-corrected chi connectivity index (χ0v) is 12.0. The van der Waals surface area contributed by atoms with Crippen molar-refractivity contribution in [2.45, 2.75) is 6.92 Å². The minimum absolute atomic E-state index is 0.390. The SMILES string of the molecule is COc1ccc2oc(-c3noc(-c4ccoc4)n3)c(C)c2c1. The normalized spacial score (nSPS) is 11.2. The fourth-order valence-electron chi connectivity index (χ4n) is 2.36. The number of methoxy groups -OCH3 is 1. The van der Waals surface area contributed by atoms with Crippen LogP contribution in [0.1, 0.15) is 5.56 Å². The Balaban J connectivity index is 1.82. The first kappa shape index (κ1) is 12.7. The largest absolute Gasteiger partial charge is 0.497 e. The van der Waals surface area contributed by atoms with E-state index in [2.05, 4.69) is 10.1 Å². The molecule has 0 atom stereocenters. The molecule has 0 unspecified atom stereocenters. The van der Waals surface area contributed by atoms with Crippen LogP contribution in [0.5, 0.6) is 5.75 Å². The number of rotatable bonds is 3. The molecule has 22 heavy (non-hydrogen) atoms. The van der Waals surface area contributed by atoms with E-state index in [0.717, 1.165) is 27.8 Å². The van der Waals surface area contributed by atoms with Gasteiger partial charge in [-0.3, -0.25) is 0 Å². The number of fused-ring (bicyclic) bond motifs is 1. The highest BCUT2D eigenvalue weighted by atomic mass is 16.5. The highest BCUT2D eigenvalue weighted by Gasteiger charge is 2.19. The molecule has 0 aliphatic carbocycles. The number of aromatic nitrogens is 2. The molecule has 4 rings (SSSR count). The van der Waals surface area contributed by atoms with E-state index in [9.17, 15) is 0 Å². The van der Waals surface area contributed by atoms with Crippen molar-refractivity contribution in [2.24, 2.45) is 0 Å². The molecule has 0 N–H and O–H groups in total. The fourth-order valence-corrected chi connectivity index (χ4v) is 2.36. The summed E-state index contributed by atoms with van der Waals surface area (Å²) in [5, 5.41) is 4.95. The van der Waals surface area contributed by atoms with E-state index in [1.54, 1.807) is 25.7 Å². The van der Waals surface area contributed by atoms with Gasteiger partial charge in [-0.1, -0.05) is 5.16 Å². The molecule has 0 saturated carbocycles. The van der Waals surface area contributed by atoms with Crippen LogP contribution in [0.15, 0.2) is 50.1 Å². The van der Waals surface area contributed by atoms with Gasteiger partial charge in [0.2, 0.25) is 5.82 Å². The van der Waals surface area contributed by atoms with Gasteiger partial charge in [0.05, 0.1) is 18.9 Å². The van der Waals surface area contributed by atoms with Crippen molar-refractivity contribution >= 4 is 11.0 Å². The molecule has 0 amide bonds. The zero-order chi connectivity index (χ0) is 15.1. The van der Waals surface area contributed by atoms with E-state index in [-0.39, 0.29) is 0 Å². The molecule has 6 heteroatoms. The summed E-state index contributed by atoms with van der Waals surface area (Å²) in [7, 11) is 1.63. The minimum Gasteiger partial charge on any atom is -0.497 e. The molecule has 0 aliphatic rings. The Morgan fingerprint density at radius 1 is 1.18 bits per heavy atom. The van der Waals surface area contributed by atoms with Gasteiger partial charge >= 0.3 is 0 Å². The van der Waals surface area contributed by atoms with E-state index in [4.69, 9.17) is 18.1 Å². The average molecular weight is 296 g/mol. The molecule has 4 aromatic rings. The lowest BCUT2D eigenvalue weighted by Crippen LogP contribution is -1.82. The second-order valence-corrected chi connectivity index (χ2v) is 4.85. The van der Waals surface area contributed by atoms with Gasteiger partial charge in [0.25, 0.3) is 5.89 Å². The van der Waals surface area contributed by atoms with Crippen molar-refractivity contribution in [3.05, 3.63) is 42.4 Å². The number of furan rings is 2. The molecular formula is C16H12N2O4. The van der Waals surface area contributed by atoms with E-state index in [1.807, 2.05) is 25.1 Å². The van der Waals surface area contributed by atoms with Gasteiger partial charge < -0.3 is 18.1 Å². The second kappa shape index (κ2) is 4.77. The van der Waals surface area contributed by atoms with Crippen LogP contribution in [-0.2, 0) is 0 Å². The summed E-state index contributed by atoms with van der Waals surface area (Å²) >= 11 is 0. The number of hydrogen-bond acceptors (Lipinski definition) is 6. The molecule has 3 heterocycles. The van der Waals surface area contributed by atoms with Gasteiger partial charge in [-0.25, -0.2) is 0 Å². The van der Waals surface area contributed by atoms with E-state index < -0.39 is 0 Å².